The van der Waals surface area contributed by atoms with Gasteiger partial charge in [-0.05, 0) is 11.6 Å². The third kappa shape index (κ3) is 2.64. The fourth-order valence-corrected chi connectivity index (χ4v) is 3.51. The highest BCUT2D eigenvalue weighted by Crippen LogP contribution is 2.20. The molecule has 1 aromatic carbocycles. The van der Waals surface area contributed by atoms with Crippen LogP contribution in [0.1, 0.15) is 5.56 Å². The number of benzene rings is 1. The van der Waals surface area contributed by atoms with E-state index in [9.17, 15) is 18.6 Å². The van der Waals surface area contributed by atoms with Gasteiger partial charge >= 0.3 is 0 Å². The molecule has 1 aliphatic rings. The predicted molar refractivity (Wildman–Crippen MR) is 67.1 cm³/mol. The first-order valence-corrected chi connectivity index (χ1v) is 7.18. The maximum atomic E-state index is 12.1. The fourth-order valence-electron chi connectivity index (χ4n) is 1.92. The second kappa shape index (κ2) is 4.85. The first-order valence-electron chi connectivity index (χ1n) is 5.57. The SMILES string of the molecule is Nc1ccccc1CS(=O)(=O)N1C[C@@H](O)[C@@H](O)C1. The number of nitrogens with two attached hydrogens (primary N) is 1. The second-order valence-corrected chi connectivity index (χ2v) is 6.38. The third-order valence-electron chi connectivity index (χ3n) is 3.01. The Morgan fingerprint density at radius 1 is 1.22 bits per heavy atom. The number of aliphatic hydroxyl groups excluding tert-OH is 2. The molecule has 0 saturated carbocycles. The Balaban J connectivity index is 2.16. The lowest BCUT2D eigenvalue weighted by atomic mass is 10.2. The zero-order valence-electron chi connectivity index (χ0n) is 9.73. The van der Waals surface area contributed by atoms with Crippen LogP contribution in [0.2, 0.25) is 0 Å². The number of β-amino-alcohol motifs (C(OH)–C–C–N with tert-alkyl or cyclic N) is 2. The van der Waals surface area contributed by atoms with Gasteiger partial charge in [0, 0.05) is 18.8 Å². The summed E-state index contributed by atoms with van der Waals surface area (Å²) in [6.07, 6.45) is -2.04. The standard InChI is InChI=1S/C11H16N2O4S/c12-9-4-2-1-3-8(9)7-18(16,17)13-5-10(14)11(15)6-13/h1-4,10-11,14-15H,5-7,12H2/t10-,11+. The van der Waals surface area contributed by atoms with Gasteiger partial charge in [-0.1, -0.05) is 18.2 Å². The number of anilines is 1. The summed E-state index contributed by atoms with van der Waals surface area (Å²) >= 11 is 0. The number of para-hydroxylation sites is 1. The number of rotatable bonds is 3. The highest BCUT2D eigenvalue weighted by Gasteiger charge is 2.36. The number of nitrogen functional groups attached to an aromatic ring is 1. The van der Waals surface area contributed by atoms with Crippen LogP contribution in [0.3, 0.4) is 0 Å². The van der Waals surface area contributed by atoms with Crippen molar-refractivity contribution in [2.24, 2.45) is 0 Å². The van der Waals surface area contributed by atoms with Gasteiger partial charge in [-0.25, -0.2) is 8.42 Å². The highest BCUT2D eigenvalue weighted by atomic mass is 32.2. The minimum absolute atomic E-state index is 0.0732. The van der Waals surface area contributed by atoms with E-state index in [2.05, 4.69) is 0 Å². The zero-order chi connectivity index (χ0) is 13.3. The molecule has 0 unspecified atom stereocenters. The molecule has 1 saturated heterocycles. The molecule has 0 aromatic heterocycles. The zero-order valence-corrected chi connectivity index (χ0v) is 10.5. The van der Waals surface area contributed by atoms with Crippen LogP contribution in [0.5, 0.6) is 0 Å². The lowest BCUT2D eigenvalue weighted by molar-refractivity contribution is 0.0572. The molecule has 18 heavy (non-hydrogen) atoms. The van der Waals surface area contributed by atoms with Crippen LogP contribution in [0.15, 0.2) is 24.3 Å². The first kappa shape index (κ1) is 13.3. The third-order valence-corrected chi connectivity index (χ3v) is 4.77. The van der Waals surface area contributed by atoms with Crippen molar-refractivity contribution in [3.63, 3.8) is 0 Å². The molecule has 1 heterocycles. The highest BCUT2D eigenvalue weighted by molar-refractivity contribution is 7.88. The molecule has 0 amide bonds. The van der Waals surface area contributed by atoms with E-state index in [0.29, 0.717) is 11.3 Å². The number of hydrogen-bond acceptors (Lipinski definition) is 5. The molecule has 0 spiro atoms. The lowest BCUT2D eigenvalue weighted by Gasteiger charge is -2.16. The van der Waals surface area contributed by atoms with E-state index in [0.717, 1.165) is 4.31 Å². The average Bonchev–Trinajstić information content (AvgIpc) is 2.63. The first-order chi connectivity index (χ1) is 8.40. The molecular formula is C11H16N2O4S. The fraction of sp³-hybridized carbons (Fsp3) is 0.455. The molecule has 2 atom stereocenters. The van der Waals surface area contributed by atoms with Gasteiger partial charge in [0.2, 0.25) is 10.0 Å². The number of hydrogen-bond donors (Lipinski definition) is 3. The Morgan fingerprint density at radius 2 is 1.78 bits per heavy atom. The average molecular weight is 272 g/mol. The normalized spacial score (nSPS) is 25.4. The summed E-state index contributed by atoms with van der Waals surface area (Å²) in [5.74, 6) is -0.223. The molecule has 6 nitrogen and oxygen atoms in total. The number of nitrogens with zero attached hydrogens (tertiary/aromatic N) is 1. The molecule has 1 aliphatic heterocycles. The van der Waals surface area contributed by atoms with E-state index in [1.165, 1.54) is 0 Å². The summed E-state index contributed by atoms with van der Waals surface area (Å²) < 4.78 is 25.3. The van der Waals surface area contributed by atoms with Crippen molar-refractivity contribution in [2.45, 2.75) is 18.0 Å². The van der Waals surface area contributed by atoms with Crippen molar-refractivity contribution in [3.8, 4) is 0 Å². The Hall–Kier alpha value is -1.15. The number of sulfonamides is 1. The molecule has 100 valence electrons. The van der Waals surface area contributed by atoms with Crippen LogP contribution >= 0.6 is 0 Å². The second-order valence-electron chi connectivity index (χ2n) is 4.41. The Labute approximate surface area is 106 Å². The van der Waals surface area contributed by atoms with Crippen molar-refractivity contribution in [1.29, 1.82) is 0 Å². The van der Waals surface area contributed by atoms with Gasteiger partial charge in [0.1, 0.15) is 0 Å². The Morgan fingerprint density at radius 3 is 2.33 bits per heavy atom. The van der Waals surface area contributed by atoms with Crippen molar-refractivity contribution in [2.75, 3.05) is 18.8 Å². The molecule has 0 radical (unpaired) electrons. The van der Waals surface area contributed by atoms with Crippen LogP contribution in [-0.2, 0) is 15.8 Å². The summed E-state index contributed by atoms with van der Waals surface area (Å²) in [7, 11) is -3.57. The molecular weight excluding hydrogens is 256 g/mol. The van der Waals surface area contributed by atoms with Crippen molar-refractivity contribution >= 4 is 15.7 Å². The van der Waals surface area contributed by atoms with Crippen molar-refractivity contribution < 1.29 is 18.6 Å². The van der Waals surface area contributed by atoms with E-state index in [-0.39, 0.29) is 18.8 Å². The van der Waals surface area contributed by atoms with Crippen LogP contribution in [0, 0.1) is 0 Å². The molecule has 7 heteroatoms. The Bertz CT molecular complexity index is 522. The molecule has 0 aliphatic carbocycles. The predicted octanol–water partition coefficient (Wildman–Crippen LogP) is -0.864. The van der Waals surface area contributed by atoms with E-state index in [1.807, 2.05) is 0 Å². The summed E-state index contributed by atoms with van der Waals surface area (Å²) in [6.45, 7) is -0.146. The monoisotopic (exact) mass is 272 g/mol. The maximum absolute atomic E-state index is 12.1. The summed E-state index contributed by atoms with van der Waals surface area (Å²) in [5, 5.41) is 18.7. The van der Waals surface area contributed by atoms with E-state index in [4.69, 9.17) is 5.73 Å². The van der Waals surface area contributed by atoms with Crippen molar-refractivity contribution in [3.05, 3.63) is 29.8 Å². The lowest BCUT2D eigenvalue weighted by Crippen LogP contribution is -2.31. The van der Waals surface area contributed by atoms with Gasteiger partial charge in [0.05, 0.1) is 18.0 Å². The quantitative estimate of drug-likeness (QED) is 0.621. The van der Waals surface area contributed by atoms with E-state index in [1.54, 1.807) is 24.3 Å². The molecule has 0 bridgehead atoms. The van der Waals surface area contributed by atoms with Crippen molar-refractivity contribution in [1.82, 2.24) is 4.31 Å². The van der Waals surface area contributed by atoms with Gasteiger partial charge in [-0.15, -0.1) is 0 Å². The minimum atomic E-state index is -3.57. The largest absolute Gasteiger partial charge is 0.398 e. The van der Waals surface area contributed by atoms with Gasteiger partial charge in [-0.3, -0.25) is 0 Å². The van der Waals surface area contributed by atoms with Crippen LogP contribution in [0.25, 0.3) is 0 Å². The Kier molecular flexibility index (Phi) is 3.58. The van der Waals surface area contributed by atoms with Gasteiger partial charge < -0.3 is 15.9 Å². The minimum Gasteiger partial charge on any atom is -0.398 e. The number of aliphatic hydroxyl groups is 2. The van der Waals surface area contributed by atoms with Gasteiger partial charge in [0.25, 0.3) is 0 Å². The topological polar surface area (TPSA) is 104 Å². The molecule has 4 N–H and O–H groups in total. The van der Waals surface area contributed by atoms with Gasteiger partial charge in [-0.2, -0.15) is 4.31 Å². The van der Waals surface area contributed by atoms with Crippen LogP contribution < -0.4 is 5.73 Å². The molecule has 1 aromatic rings. The molecule has 1 fully saturated rings. The summed E-state index contributed by atoms with van der Waals surface area (Å²) in [6, 6.07) is 6.73. The van der Waals surface area contributed by atoms with Crippen LogP contribution in [0.4, 0.5) is 5.69 Å². The van der Waals surface area contributed by atoms with E-state index >= 15 is 0 Å². The summed E-state index contributed by atoms with van der Waals surface area (Å²) in [4.78, 5) is 0. The summed E-state index contributed by atoms with van der Waals surface area (Å²) in [5.41, 5.74) is 6.64. The molecule has 2 rings (SSSR count). The van der Waals surface area contributed by atoms with E-state index < -0.39 is 22.2 Å². The van der Waals surface area contributed by atoms with Gasteiger partial charge in [0.15, 0.2) is 0 Å². The van der Waals surface area contributed by atoms with Crippen LogP contribution in [-0.4, -0.2) is 48.2 Å². The maximum Gasteiger partial charge on any atom is 0.218 e. The smallest absolute Gasteiger partial charge is 0.218 e.